The number of allylic oxidation sites excluding steroid dienone is 1. The summed E-state index contributed by atoms with van der Waals surface area (Å²) in [5, 5.41) is 2.39. The maximum absolute atomic E-state index is 11.0. The van der Waals surface area contributed by atoms with Gasteiger partial charge in [0.1, 0.15) is 5.25 Å². The Morgan fingerprint density at radius 2 is 2.42 bits per heavy atom. The second kappa shape index (κ2) is 2.47. The van der Waals surface area contributed by atoms with E-state index in [-0.39, 0.29) is 5.92 Å². The number of aliphatic imine (C=N–C) groups is 1. The Labute approximate surface area is 74.7 Å². The third-order valence-electron chi connectivity index (χ3n) is 2.09. The van der Waals surface area contributed by atoms with E-state index in [9.17, 15) is 8.42 Å². The van der Waals surface area contributed by atoms with Crippen LogP contribution in [0.2, 0.25) is 0 Å². The van der Waals surface area contributed by atoms with Crippen molar-refractivity contribution in [1.82, 2.24) is 5.32 Å². The van der Waals surface area contributed by atoms with Crippen molar-refractivity contribution >= 4 is 25.9 Å². The molecule has 6 heteroatoms. The van der Waals surface area contributed by atoms with Crippen LogP contribution >= 0.6 is 10.7 Å². The van der Waals surface area contributed by atoms with Crippen LogP contribution in [-0.2, 0) is 9.05 Å². The van der Waals surface area contributed by atoms with Gasteiger partial charge in [0.15, 0.2) is 0 Å². The molecule has 1 saturated heterocycles. The first-order valence-electron chi connectivity index (χ1n) is 3.50. The van der Waals surface area contributed by atoms with Gasteiger partial charge < -0.3 is 5.32 Å². The van der Waals surface area contributed by atoms with Crippen molar-refractivity contribution < 1.29 is 8.42 Å². The minimum absolute atomic E-state index is 0.160. The molecule has 2 atom stereocenters. The van der Waals surface area contributed by atoms with Crippen LogP contribution < -0.4 is 5.32 Å². The molecular formula is C6H7ClN2O2S. The van der Waals surface area contributed by atoms with Crippen molar-refractivity contribution in [1.29, 1.82) is 0 Å². The van der Waals surface area contributed by atoms with Gasteiger partial charge in [0.2, 0.25) is 9.05 Å². The first-order chi connectivity index (χ1) is 5.59. The second-order valence-corrected chi connectivity index (χ2v) is 5.65. The van der Waals surface area contributed by atoms with Crippen LogP contribution in [0.25, 0.3) is 0 Å². The van der Waals surface area contributed by atoms with Gasteiger partial charge in [-0.1, -0.05) is 0 Å². The van der Waals surface area contributed by atoms with Gasteiger partial charge in [0.25, 0.3) is 0 Å². The van der Waals surface area contributed by atoms with E-state index in [0.717, 1.165) is 5.70 Å². The molecule has 1 fully saturated rings. The second-order valence-electron chi connectivity index (χ2n) is 2.80. The SMILES string of the molecule is O=S(=O)(Cl)C1CNC2=CN=CC21. The van der Waals surface area contributed by atoms with Crippen LogP contribution in [0.3, 0.4) is 0 Å². The van der Waals surface area contributed by atoms with Gasteiger partial charge in [-0.15, -0.1) is 0 Å². The summed E-state index contributed by atoms with van der Waals surface area (Å²) >= 11 is 0. The molecular weight excluding hydrogens is 200 g/mol. The zero-order valence-electron chi connectivity index (χ0n) is 6.07. The molecule has 0 saturated carbocycles. The van der Waals surface area contributed by atoms with E-state index < -0.39 is 14.3 Å². The lowest BCUT2D eigenvalue weighted by molar-refractivity contribution is 0.593. The molecule has 4 nitrogen and oxygen atoms in total. The van der Waals surface area contributed by atoms with E-state index >= 15 is 0 Å². The van der Waals surface area contributed by atoms with E-state index in [2.05, 4.69) is 10.3 Å². The minimum Gasteiger partial charge on any atom is -0.385 e. The number of nitrogens with one attached hydrogen (secondary N) is 1. The standard InChI is InChI=1S/C6H7ClN2O2S/c7-12(10,11)6-3-9-5-2-8-1-4(5)6/h1-2,4,6,9H,3H2. The summed E-state index contributed by atoms with van der Waals surface area (Å²) in [5.41, 5.74) is 0.851. The lowest BCUT2D eigenvalue weighted by Crippen LogP contribution is -2.25. The summed E-state index contributed by atoms with van der Waals surface area (Å²) in [6.07, 6.45) is 3.24. The van der Waals surface area contributed by atoms with Gasteiger partial charge >= 0.3 is 0 Å². The minimum atomic E-state index is -3.48. The van der Waals surface area contributed by atoms with Gasteiger partial charge in [-0.3, -0.25) is 4.99 Å². The van der Waals surface area contributed by atoms with Crippen LogP contribution in [0, 0.1) is 5.92 Å². The molecule has 2 unspecified atom stereocenters. The quantitative estimate of drug-likeness (QED) is 0.618. The predicted molar refractivity (Wildman–Crippen MR) is 46.6 cm³/mol. The summed E-state index contributed by atoms with van der Waals surface area (Å²) in [4.78, 5) is 3.86. The normalized spacial score (nSPS) is 32.9. The number of halogens is 1. The lowest BCUT2D eigenvalue weighted by Gasteiger charge is -2.07. The summed E-state index contributed by atoms with van der Waals surface area (Å²) in [5.74, 6) is -0.160. The summed E-state index contributed by atoms with van der Waals surface area (Å²) < 4.78 is 22.0. The first kappa shape index (κ1) is 8.07. The number of nitrogens with zero attached hydrogens (tertiary/aromatic N) is 1. The van der Waals surface area contributed by atoms with Crippen LogP contribution in [-0.4, -0.2) is 26.4 Å². The van der Waals surface area contributed by atoms with Crippen molar-refractivity contribution in [2.24, 2.45) is 10.9 Å². The molecule has 2 aliphatic heterocycles. The Morgan fingerprint density at radius 3 is 3.08 bits per heavy atom. The Bertz CT molecular complexity index is 360. The van der Waals surface area contributed by atoms with Gasteiger partial charge in [-0.2, -0.15) is 0 Å². The molecule has 2 heterocycles. The van der Waals surface area contributed by atoms with E-state index in [1.807, 2.05) is 0 Å². The average molecular weight is 207 g/mol. The molecule has 0 spiro atoms. The molecule has 0 aliphatic carbocycles. The fraction of sp³-hybridized carbons (Fsp3) is 0.500. The Kier molecular flexibility index (Phi) is 1.66. The molecule has 0 aromatic heterocycles. The number of fused-ring (bicyclic) bond motifs is 1. The molecule has 0 radical (unpaired) electrons. The summed E-state index contributed by atoms with van der Waals surface area (Å²) in [7, 11) is 1.77. The fourth-order valence-electron chi connectivity index (χ4n) is 1.46. The largest absolute Gasteiger partial charge is 0.385 e. The maximum atomic E-state index is 11.0. The van der Waals surface area contributed by atoms with Gasteiger partial charge in [-0.05, 0) is 0 Å². The third kappa shape index (κ3) is 1.13. The number of hydrogen-bond donors (Lipinski definition) is 1. The Morgan fingerprint density at radius 1 is 1.67 bits per heavy atom. The fourth-order valence-corrected chi connectivity index (χ4v) is 2.83. The number of rotatable bonds is 1. The molecule has 0 bridgehead atoms. The highest BCUT2D eigenvalue weighted by molar-refractivity contribution is 8.14. The molecule has 1 N–H and O–H groups in total. The molecule has 0 amide bonds. The lowest BCUT2D eigenvalue weighted by atomic mass is 10.1. The highest BCUT2D eigenvalue weighted by atomic mass is 35.7. The topological polar surface area (TPSA) is 58.5 Å². The smallest absolute Gasteiger partial charge is 0.238 e. The highest BCUT2D eigenvalue weighted by Gasteiger charge is 2.40. The van der Waals surface area contributed by atoms with E-state index in [4.69, 9.17) is 10.7 Å². The van der Waals surface area contributed by atoms with Gasteiger partial charge in [0, 0.05) is 35.3 Å². The van der Waals surface area contributed by atoms with Crippen LogP contribution in [0.1, 0.15) is 0 Å². The van der Waals surface area contributed by atoms with E-state index in [1.165, 1.54) is 0 Å². The molecule has 2 aliphatic rings. The van der Waals surface area contributed by atoms with Gasteiger partial charge in [0.05, 0.1) is 5.92 Å². The summed E-state index contributed by atoms with van der Waals surface area (Å²) in [6, 6.07) is 0. The van der Waals surface area contributed by atoms with Crippen molar-refractivity contribution in [3.63, 3.8) is 0 Å². The van der Waals surface area contributed by atoms with E-state index in [0.29, 0.717) is 6.54 Å². The van der Waals surface area contributed by atoms with Gasteiger partial charge in [-0.25, -0.2) is 8.42 Å². The number of hydrogen-bond acceptors (Lipinski definition) is 4. The summed E-state index contributed by atoms with van der Waals surface area (Å²) in [6.45, 7) is 0.383. The maximum Gasteiger partial charge on any atom is 0.238 e. The van der Waals surface area contributed by atoms with Crippen LogP contribution in [0.15, 0.2) is 16.9 Å². The molecule has 0 aromatic rings. The first-order valence-corrected chi connectivity index (χ1v) is 5.87. The molecule has 66 valence electrons. The van der Waals surface area contributed by atoms with Crippen molar-refractivity contribution in [2.75, 3.05) is 6.54 Å². The average Bonchev–Trinajstić information content (AvgIpc) is 2.37. The Balaban J connectivity index is 2.33. The third-order valence-corrected chi connectivity index (χ3v) is 3.96. The monoisotopic (exact) mass is 206 g/mol. The highest BCUT2D eigenvalue weighted by Crippen LogP contribution is 2.28. The zero-order chi connectivity index (χ0) is 8.77. The Hall–Kier alpha value is -0.550. The molecule has 2 rings (SSSR count). The molecule has 12 heavy (non-hydrogen) atoms. The van der Waals surface area contributed by atoms with Crippen LogP contribution in [0.4, 0.5) is 0 Å². The van der Waals surface area contributed by atoms with Crippen molar-refractivity contribution in [3.8, 4) is 0 Å². The van der Waals surface area contributed by atoms with Crippen molar-refractivity contribution in [2.45, 2.75) is 5.25 Å². The van der Waals surface area contributed by atoms with Crippen LogP contribution in [0.5, 0.6) is 0 Å². The predicted octanol–water partition coefficient (Wildman–Crippen LogP) is 0.0688. The van der Waals surface area contributed by atoms with E-state index in [1.54, 1.807) is 12.4 Å². The molecule has 0 aromatic carbocycles. The van der Waals surface area contributed by atoms with Crippen molar-refractivity contribution in [3.05, 3.63) is 11.9 Å². The zero-order valence-corrected chi connectivity index (χ0v) is 7.64.